The molecule has 3 rings (SSSR count). The lowest BCUT2D eigenvalue weighted by Crippen LogP contribution is -2.25. The van der Waals surface area contributed by atoms with Gasteiger partial charge >= 0.3 is 0 Å². The molecule has 1 aromatic heterocycles. The van der Waals surface area contributed by atoms with Crippen LogP contribution in [0.3, 0.4) is 0 Å². The predicted octanol–water partition coefficient (Wildman–Crippen LogP) is 2.85. The Kier molecular flexibility index (Phi) is 5.85. The summed E-state index contributed by atoms with van der Waals surface area (Å²) in [6.07, 6.45) is 1.32. The zero-order chi connectivity index (χ0) is 19.6. The number of halogens is 1. The van der Waals surface area contributed by atoms with Crippen molar-refractivity contribution in [3.05, 3.63) is 58.4 Å². The monoisotopic (exact) mass is 370 g/mol. The minimum atomic E-state index is -0.194. The summed E-state index contributed by atoms with van der Waals surface area (Å²) in [7, 11) is 3.52. The van der Waals surface area contributed by atoms with E-state index in [-0.39, 0.29) is 17.6 Å². The van der Waals surface area contributed by atoms with Gasteiger partial charge in [-0.05, 0) is 44.5 Å². The molecule has 1 saturated heterocycles. The number of aryl methyl sites for hydroxylation is 2. The fourth-order valence-electron chi connectivity index (χ4n) is 3.59. The fourth-order valence-corrected chi connectivity index (χ4v) is 3.59. The molecule has 0 bridgehead atoms. The van der Waals surface area contributed by atoms with E-state index in [1.807, 2.05) is 19.9 Å². The molecule has 0 radical (unpaired) electrons. The first-order chi connectivity index (χ1) is 12.8. The van der Waals surface area contributed by atoms with Gasteiger partial charge in [-0.2, -0.15) is 0 Å². The van der Waals surface area contributed by atoms with Crippen LogP contribution >= 0.6 is 0 Å². The summed E-state index contributed by atoms with van der Waals surface area (Å²) in [6, 6.07) is 6.77. The van der Waals surface area contributed by atoms with Crippen LogP contribution in [0.2, 0.25) is 0 Å². The fraction of sp³-hybridized carbons (Fsp3) is 0.476. The molecule has 1 fully saturated rings. The van der Waals surface area contributed by atoms with Gasteiger partial charge in [-0.1, -0.05) is 12.1 Å². The number of carbonyl (C=O) groups excluding carboxylic acids is 1. The number of benzene rings is 1. The average molecular weight is 370 g/mol. The number of hydrogen-bond acceptors (Lipinski definition) is 4. The van der Waals surface area contributed by atoms with Crippen LogP contribution in [-0.4, -0.2) is 52.9 Å². The van der Waals surface area contributed by atoms with Gasteiger partial charge in [0.1, 0.15) is 11.6 Å². The summed E-state index contributed by atoms with van der Waals surface area (Å²) in [5.41, 5.74) is 3.68. The number of rotatable bonds is 5. The zero-order valence-electron chi connectivity index (χ0n) is 16.5. The highest BCUT2D eigenvalue weighted by atomic mass is 19.1. The van der Waals surface area contributed by atoms with E-state index in [2.05, 4.69) is 4.90 Å². The van der Waals surface area contributed by atoms with Gasteiger partial charge in [0.15, 0.2) is 0 Å². The van der Waals surface area contributed by atoms with Crippen molar-refractivity contribution in [2.75, 3.05) is 27.2 Å². The van der Waals surface area contributed by atoms with Gasteiger partial charge in [0.2, 0.25) is 5.91 Å². The number of likely N-dealkylation sites (tertiary alicyclic amines) is 1. The lowest BCUT2D eigenvalue weighted by atomic mass is 10.0. The van der Waals surface area contributed by atoms with Gasteiger partial charge in [0.05, 0.1) is 6.42 Å². The Bertz CT molecular complexity index is 814. The quantitative estimate of drug-likeness (QED) is 0.812. The summed E-state index contributed by atoms with van der Waals surface area (Å²) in [6.45, 7) is 6.46. The minimum Gasteiger partial charge on any atom is -0.349 e. The first kappa shape index (κ1) is 19.4. The van der Waals surface area contributed by atoms with E-state index in [0.29, 0.717) is 6.42 Å². The Hall–Kier alpha value is -2.34. The number of amides is 1. The predicted molar refractivity (Wildman–Crippen MR) is 103 cm³/mol. The van der Waals surface area contributed by atoms with Crippen LogP contribution in [0, 0.1) is 19.7 Å². The molecule has 144 valence electrons. The molecular weight excluding hydrogens is 343 g/mol. The first-order valence-corrected chi connectivity index (χ1v) is 9.34. The molecule has 0 aliphatic carbocycles. The number of likely N-dealkylation sites (N-methyl/N-ethyl adjacent to an activating group) is 1. The molecule has 6 heteroatoms. The van der Waals surface area contributed by atoms with Crippen LogP contribution < -0.4 is 0 Å². The first-order valence-electron chi connectivity index (χ1n) is 9.34. The molecular formula is C21H27FN4O. The standard InChI is InChI=1S/C21H27FN4O/c1-14-19(11-20(27)25(3)4)15(2)24-21(23-14)17-8-9-26(13-17)12-16-6-5-7-18(22)10-16/h5-7,10,17H,8-9,11-13H2,1-4H3/t17-/m0/s1. The highest BCUT2D eigenvalue weighted by Gasteiger charge is 2.27. The summed E-state index contributed by atoms with van der Waals surface area (Å²) in [5.74, 6) is 0.989. The Morgan fingerprint density at radius 1 is 1.26 bits per heavy atom. The van der Waals surface area contributed by atoms with Crippen molar-refractivity contribution in [3.63, 3.8) is 0 Å². The van der Waals surface area contributed by atoms with Gasteiger partial charge in [0, 0.05) is 50.1 Å². The normalized spacial score (nSPS) is 17.3. The molecule has 0 unspecified atom stereocenters. The number of aromatic nitrogens is 2. The van der Waals surface area contributed by atoms with Crippen molar-refractivity contribution in [2.24, 2.45) is 0 Å². The summed E-state index contributed by atoms with van der Waals surface area (Å²) < 4.78 is 13.4. The second-order valence-electron chi connectivity index (χ2n) is 7.55. The maximum atomic E-state index is 13.4. The van der Waals surface area contributed by atoms with Crippen molar-refractivity contribution >= 4 is 5.91 Å². The van der Waals surface area contributed by atoms with Crippen LogP contribution in [0.25, 0.3) is 0 Å². The van der Waals surface area contributed by atoms with Gasteiger partial charge in [-0.15, -0.1) is 0 Å². The molecule has 2 heterocycles. The van der Waals surface area contributed by atoms with Crippen molar-refractivity contribution in [1.82, 2.24) is 19.8 Å². The van der Waals surface area contributed by atoms with E-state index in [4.69, 9.17) is 9.97 Å². The molecule has 1 aromatic carbocycles. The van der Waals surface area contributed by atoms with E-state index in [1.54, 1.807) is 31.1 Å². The van der Waals surface area contributed by atoms with E-state index in [1.165, 1.54) is 6.07 Å². The largest absolute Gasteiger partial charge is 0.349 e. The summed E-state index contributed by atoms with van der Waals surface area (Å²) in [5, 5.41) is 0. The molecule has 2 aromatic rings. The Labute approximate surface area is 160 Å². The maximum absolute atomic E-state index is 13.4. The third-order valence-corrected chi connectivity index (χ3v) is 5.20. The lowest BCUT2D eigenvalue weighted by Gasteiger charge is -2.17. The van der Waals surface area contributed by atoms with Gasteiger partial charge in [-0.25, -0.2) is 14.4 Å². The highest BCUT2D eigenvalue weighted by Crippen LogP contribution is 2.27. The van der Waals surface area contributed by atoms with Crippen molar-refractivity contribution in [2.45, 2.75) is 39.2 Å². The average Bonchev–Trinajstić information content (AvgIpc) is 3.06. The van der Waals surface area contributed by atoms with E-state index in [9.17, 15) is 9.18 Å². The van der Waals surface area contributed by atoms with E-state index >= 15 is 0 Å². The van der Waals surface area contributed by atoms with Crippen molar-refractivity contribution in [1.29, 1.82) is 0 Å². The molecule has 1 amide bonds. The Morgan fingerprint density at radius 3 is 2.59 bits per heavy atom. The van der Waals surface area contributed by atoms with Crippen LogP contribution in [0.1, 0.15) is 40.7 Å². The van der Waals surface area contributed by atoms with Crippen LogP contribution in [-0.2, 0) is 17.8 Å². The van der Waals surface area contributed by atoms with Crippen LogP contribution in [0.4, 0.5) is 4.39 Å². The molecule has 1 aliphatic rings. The molecule has 0 N–H and O–H groups in total. The lowest BCUT2D eigenvalue weighted by molar-refractivity contribution is -0.128. The SMILES string of the molecule is Cc1nc([C@H]2CCN(Cc3cccc(F)c3)C2)nc(C)c1CC(=O)N(C)C. The van der Waals surface area contributed by atoms with Crippen LogP contribution in [0.5, 0.6) is 0 Å². The number of carbonyl (C=O) groups is 1. The molecule has 1 atom stereocenters. The number of nitrogens with zero attached hydrogens (tertiary/aromatic N) is 4. The molecule has 27 heavy (non-hydrogen) atoms. The molecule has 1 aliphatic heterocycles. The smallest absolute Gasteiger partial charge is 0.226 e. The second-order valence-corrected chi connectivity index (χ2v) is 7.55. The van der Waals surface area contributed by atoms with Gasteiger partial charge < -0.3 is 4.90 Å². The Balaban J connectivity index is 1.69. The summed E-state index contributed by atoms with van der Waals surface area (Å²) in [4.78, 5) is 25.4. The Morgan fingerprint density at radius 2 is 1.96 bits per heavy atom. The second kappa shape index (κ2) is 8.13. The van der Waals surface area contributed by atoms with Crippen LogP contribution in [0.15, 0.2) is 24.3 Å². The van der Waals surface area contributed by atoms with E-state index < -0.39 is 0 Å². The maximum Gasteiger partial charge on any atom is 0.226 e. The molecule has 0 saturated carbocycles. The topological polar surface area (TPSA) is 49.3 Å². The molecule has 0 spiro atoms. The summed E-state index contributed by atoms with van der Waals surface area (Å²) >= 11 is 0. The van der Waals surface area contributed by atoms with E-state index in [0.717, 1.165) is 54.4 Å². The third kappa shape index (κ3) is 4.69. The van der Waals surface area contributed by atoms with Gasteiger partial charge in [-0.3, -0.25) is 9.69 Å². The third-order valence-electron chi connectivity index (χ3n) is 5.20. The minimum absolute atomic E-state index is 0.0553. The number of hydrogen-bond donors (Lipinski definition) is 0. The van der Waals surface area contributed by atoms with Gasteiger partial charge in [0.25, 0.3) is 0 Å². The van der Waals surface area contributed by atoms with Crippen molar-refractivity contribution < 1.29 is 9.18 Å². The molecule has 5 nitrogen and oxygen atoms in total. The highest BCUT2D eigenvalue weighted by molar-refractivity contribution is 5.78. The van der Waals surface area contributed by atoms with Crippen molar-refractivity contribution in [3.8, 4) is 0 Å². The zero-order valence-corrected chi connectivity index (χ0v) is 16.5.